The van der Waals surface area contributed by atoms with Gasteiger partial charge in [0.1, 0.15) is 17.5 Å². The zero-order chi connectivity index (χ0) is 15.8. The van der Waals surface area contributed by atoms with E-state index in [-0.39, 0.29) is 6.54 Å². The minimum Gasteiger partial charge on any atom is -0.497 e. The predicted octanol–water partition coefficient (Wildman–Crippen LogP) is 1.06. The summed E-state index contributed by atoms with van der Waals surface area (Å²) in [5, 5.41) is 5.11. The van der Waals surface area contributed by atoms with Crippen molar-refractivity contribution in [3.8, 4) is 11.5 Å². The van der Waals surface area contributed by atoms with Gasteiger partial charge in [0.2, 0.25) is 0 Å². The first-order valence-corrected chi connectivity index (χ1v) is 6.35. The second-order valence-electron chi connectivity index (χ2n) is 4.25. The molecule has 0 aromatic heterocycles. The first-order valence-electron chi connectivity index (χ1n) is 6.35. The van der Waals surface area contributed by atoms with Crippen molar-refractivity contribution in [3.63, 3.8) is 0 Å². The number of amides is 2. The van der Waals surface area contributed by atoms with Gasteiger partial charge < -0.3 is 24.8 Å². The number of methoxy groups -OCH3 is 3. The second kappa shape index (κ2) is 7.98. The van der Waals surface area contributed by atoms with Crippen molar-refractivity contribution in [2.75, 3.05) is 21.3 Å². The van der Waals surface area contributed by atoms with Crippen LogP contribution in [0.5, 0.6) is 11.5 Å². The van der Waals surface area contributed by atoms with Gasteiger partial charge in [-0.05, 0) is 19.1 Å². The van der Waals surface area contributed by atoms with Crippen molar-refractivity contribution >= 4 is 12.0 Å². The van der Waals surface area contributed by atoms with E-state index in [0.717, 1.165) is 5.56 Å². The molecule has 0 fully saturated rings. The van der Waals surface area contributed by atoms with Crippen molar-refractivity contribution in [2.45, 2.75) is 19.5 Å². The van der Waals surface area contributed by atoms with E-state index in [1.807, 2.05) is 0 Å². The quantitative estimate of drug-likeness (QED) is 0.767. The fraction of sp³-hybridized carbons (Fsp3) is 0.429. The van der Waals surface area contributed by atoms with Gasteiger partial charge in [0.25, 0.3) is 0 Å². The molecular weight excluding hydrogens is 276 g/mol. The van der Waals surface area contributed by atoms with Crippen molar-refractivity contribution in [1.29, 1.82) is 0 Å². The van der Waals surface area contributed by atoms with Gasteiger partial charge in [0, 0.05) is 18.2 Å². The maximum Gasteiger partial charge on any atom is 0.328 e. The van der Waals surface area contributed by atoms with Crippen molar-refractivity contribution < 1.29 is 23.8 Å². The second-order valence-corrected chi connectivity index (χ2v) is 4.25. The Morgan fingerprint density at radius 3 is 2.48 bits per heavy atom. The van der Waals surface area contributed by atoms with Gasteiger partial charge in [-0.2, -0.15) is 0 Å². The molecule has 0 radical (unpaired) electrons. The van der Waals surface area contributed by atoms with Crippen LogP contribution in [0.15, 0.2) is 18.2 Å². The van der Waals surface area contributed by atoms with E-state index in [0.29, 0.717) is 11.5 Å². The summed E-state index contributed by atoms with van der Waals surface area (Å²) >= 11 is 0. The van der Waals surface area contributed by atoms with Crippen molar-refractivity contribution in [3.05, 3.63) is 23.8 Å². The van der Waals surface area contributed by atoms with Crippen LogP contribution in [0.2, 0.25) is 0 Å². The van der Waals surface area contributed by atoms with E-state index in [2.05, 4.69) is 15.4 Å². The van der Waals surface area contributed by atoms with Gasteiger partial charge in [0.05, 0.1) is 21.3 Å². The number of urea groups is 1. The number of hydrogen-bond donors (Lipinski definition) is 2. The summed E-state index contributed by atoms with van der Waals surface area (Å²) in [6.45, 7) is 1.80. The summed E-state index contributed by atoms with van der Waals surface area (Å²) in [4.78, 5) is 22.9. The van der Waals surface area contributed by atoms with Gasteiger partial charge in [-0.3, -0.25) is 0 Å². The Bertz CT molecular complexity index is 504. The highest BCUT2D eigenvalue weighted by atomic mass is 16.5. The van der Waals surface area contributed by atoms with Crippen LogP contribution in [-0.4, -0.2) is 39.4 Å². The SMILES string of the molecule is COC(=O)C(C)NC(=O)NCc1ccc(OC)cc1OC. The molecule has 0 aliphatic rings. The lowest BCUT2D eigenvalue weighted by Gasteiger charge is -2.14. The van der Waals surface area contributed by atoms with Crippen molar-refractivity contribution in [1.82, 2.24) is 10.6 Å². The zero-order valence-electron chi connectivity index (χ0n) is 12.6. The van der Waals surface area contributed by atoms with E-state index in [9.17, 15) is 9.59 Å². The highest BCUT2D eigenvalue weighted by Gasteiger charge is 2.15. The average molecular weight is 296 g/mol. The highest BCUT2D eigenvalue weighted by molar-refractivity contribution is 5.83. The number of nitrogens with one attached hydrogen (secondary N) is 2. The van der Waals surface area contributed by atoms with Gasteiger partial charge >= 0.3 is 12.0 Å². The van der Waals surface area contributed by atoms with E-state index in [4.69, 9.17) is 9.47 Å². The smallest absolute Gasteiger partial charge is 0.328 e. The molecule has 7 nitrogen and oxygen atoms in total. The Balaban J connectivity index is 2.58. The summed E-state index contributed by atoms with van der Waals surface area (Å²) in [7, 11) is 4.37. The van der Waals surface area contributed by atoms with Gasteiger partial charge in [-0.15, -0.1) is 0 Å². The molecule has 0 aliphatic heterocycles. The molecule has 2 amide bonds. The maximum atomic E-state index is 11.7. The molecule has 1 atom stereocenters. The lowest BCUT2D eigenvalue weighted by Crippen LogP contribution is -2.44. The summed E-state index contributed by atoms with van der Waals surface area (Å²) < 4.78 is 14.9. The monoisotopic (exact) mass is 296 g/mol. The molecule has 0 saturated heterocycles. The Morgan fingerprint density at radius 2 is 1.90 bits per heavy atom. The molecule has 0 spiro atoms. The fourth-order valence-corrected chi connectivity index (χ4v) is 1.66. The third-order valence-electron chi connectivity index (χ3n) is 2.84. The zero-order valence-corrected chi connectivity index (χ0v) is 12.6. The van der Waals surface area contributed by atoms with Crippen LogP contribution in [0.3, 0.4) is 0 Å². The molecule has 1 aromatic carbocycles. The lowest BCUT2D eigenvalue weighted by atomic mass is 10.2. The minimum atomic E-state index is -0.715. The van der Waals surface area contributed by atoms with E-state index in [1.165, 1.54) is 14.2 Å². The van der Waals surface area contributed by atoms with E-state index in [1.54, 1.807) is 32.2 Å². The third kappa shape index (κ3) is 4.87. The molecule has 1 unspecified atom stereocenters. The Hall–Kier alpha value is -2.44. The summed E-state index contributed by atoms with van der Waals surface area (Å²) in [6, 6.07) is 4.11. The molecule has 0 bridgehead atoms. The van der Waals surface area contributed by atoms with Crippen LogP contribution in [0.1, 0.15) is 12.5 Å². The minimum absolute atomic E-state index is 0.257. The number of carbonyl (C=O) groups excluding carboxylic acids is 2. The fourth-order valence-electron chi connectivity index (χ4n) is 1.66. The van der Waals surface area contributed by atoms with Crippen LogP contribution in [0.4, 0.5) is 4.79 Å². The first kappa shape index (κ1) is 16.6. The van der Waals surface area contributed by atoms with Crippen LogP contribution < -0.4 is 20.1 Å². The topological polar surface area (TPSA) is 85.9 Å². The average Bonchev–Trinajstić information content (AvgIpc) is 2.51. The van der Waals surface area contributed by atoms with Gasteiger partial charge in [0.15, 0.2) is 0 Å². The third-order valence-corrected chi connectivity index (χ3v) is 2.84. The van der Waals surface area contributed by atoms with E-state index >= 15 is 0 Å². The summed E-state index contributed by atoms with van der Waals surface area (Å²) in [5.74, 6) is 0.766. The number of esters is 1. The standard InChI is InChI=1S/C14H20N2O5/c1-9(13(17)21-4)16-14(18)15-8-10-5-6-11(19-2)7-12(10)20-3/h5-7,9H,8H2,1-4H3,(H2,15,16,18). The summed E-state index contributed by atoms with van der Waals surface area (Å²) in [6.07, 6.45) is 0. The molecule has 7 heteroatoms. The predicted molar refractivity (Wildman–Crippen MR) is 76.4 cm³/mol. The number of hydrogen-bond acceptors (Lipinski definition) is 5. The largest absolute Gasteiger partial charge is 0.497 e. The molecule has 0 aliphatic carbocycles. The molecule has 1 aromatic rings. The molecule has 0 saturated carbocycles. The first-order chi connectivity index (χ1) is 10.0. The number of benzene rings is 1. The molecule has 0 heterocycles. The van der Waals surface area contributed by atoms with Crippen LogP contribution in [-0.2, 0) is 16.1 Å². The summed E-state index contributed by atoms with van der Waals surface area (Å²) in [5.41, 5.74) is 0.791. The Kier molecular flexibility index (Phi) is 6.32. The lowest BCUT2D eigenvalue weighted by molar-refractivity contribution is -0.142. The normalized spacial score (nSPS) is 11.2. The number of ether oxygens (including phenoxy) is 3. The number of rotatable bonds is 6. The van der Waals surface area contributed by atoms with Crippen LogP contribution in [0, 0.1) is 0 Å². The number of carbonyl (C=O) groups is 2. The Morgan fingerprint density at radius 1 is 1.19 bits per heavy atom. The molecule has 21 heavy (non-hydrogen) atoms. The molecule has 2 N–H and O–H groups in total. The van der Waals surface area contributed by atoms with Crippen LogP contribution in [0.25, 0.3) is 0 Å². The van der Waals surface area contributed by atoms with Crippen LogP contribution >= 0.6 is 0 Å². The van der Waals surface area contributed by atoms with Crippen molar-refractivity contribution in [2.24, 2.45) is 0 Å². The van der Waals surface area contributed by atoms with Gasteiger partial charge in [-0.1, -0.05) is 0 Å². The Labute approximate surface area is 123 Å². The van der Waals surface area contributed by atoms with E-state index < -0.39 is 18.0 Å². The molecule has 1 rings (SSSR count). The van der Waals surface area contributed by atoms with Gasteiger partial charge in [-0.25, -0.2) is 9.59 Å². The maximum absolute atomic E-state index is 11.7. The molecular formula is C14H20N2O5. The molecule has 116 valence electrons. The highest BCUT2D eigenvalue weighted by Crippen LogP contribution is 2.24.